The number of hydrogen-bond donors (Lipinski definition) is 0. The maximum Gasteiger partial charge on any atom is 0.129 e. The van der Waals surface area contributed by atoms with Gasteiger partial charge in [0.25, 0.3) is 0 Å². The summed E-state index contributed by atoms with van der Waals surface area (Å²) in [5.74, 6) is 1.15. The zero-order valence-electron chi connectivity index (χ0n) is 10.7. The van der Waals surface area contributed by atoms with E-state index in [1.54, 1.807) is 0 Å². The average Bonchev–Trinajstić information content (AvgIpc) is 2.40. The quantitative estimate of drug-likeness (QED) is 0.774. The Kier molecular flexibility index (Phi) is 4.07. The molecule has 0 bridgehead atoms. The summed E-state index contributed by atoms with van der Waals surface area (Å²) in [6, 6.07) is 10.6. The second-order valence-electron chi connectivity index (χ2n) is 4.86. The molecule has 0 saturated carbocycles. The number of aryl methyl sites for hydroxylation is 1. The molecule has 0 atom stereocenters. The molecular formula is C15H19ClN2. The predicted molar refractivity (Wildman–Crippen MR) is 79.8 cm³/mol. The van der Waals surface area contributed by atoms with Crippen LogP contribution >= 0.6 is 12.4 Å². The zero-order chi connectivity index (χ0) is 11.7. The van der Waals surface area contributed by atoms with Crippen LogP contribution in [0.5, 0.6) is 0 Å². The Balaban J connectivity index is 0.00000120. The molecule has 0 aliphatic carbocycles. The molecule has 1 aromatic heterocycles. The number of hydrogen-bond acceptors (Lipinski definition) is 2. The topological polar surface area (TPSA) is 16.1 Å². The number of pyridine rings is 1. The Labute approximate surface area is 114 Å². The lowest BCUT2D eigenvalue weighted by atomic mass is 10.1. The summed E-state index contributed by atoms with van der Waals surface area (Å²) in [4.78, 5) is 7.21. The van der Waals surface area contributed by atoms with Gasteiger partial charge in [-0.3, -0.25) is 0 Å². The number of rotatable bonds is 1. The second kappa shape index (κ2) is 5.57. The number of aromatic nitrogens is 1. The van der Waals surface area contributed by atoms with Crippen molar-refractivity contribution < 1.29 is 0 Å². The van der Waals surface area contributed by atoms with Gasteiger partial charge in [0.2, 0.25) is 0 Å². The van der Waals surface area contributed by atoms with Crippen molar-refractivity contribution in [1.29, 1.82) is 0 Å². The van der Waals surface area contributed by atoms with Crippen molar-refractivity contribution >= 4 is 29.1 Å². The fourth-order valence-corrected chi connectivity index (χ4v) is 2.62. The van der Waals surface area contributed by atoms with Crippen molar-refractivity contribution in [2.24, 2.45) is 0 Å². The van der Waals surface area contributed by atoms with E-state index >= 15 is 0 Å². The minimum absolute atomic E-state index is 0. The fraction of sp³-hybridized carbons (Fsp3) is 0.400. The molecule has 0 unspecified atom stereocenters. The Morgan fingerprint density at radius 1 is 1.06 bits per heavy atom. The van der Waals surface area contributed by atoms with Crippen molar-refractivity contribution in [3.63, 3.8) is 0 Å². The van der Waals surface area contributed by atoms with Crippen LogP contribution in [0, 0.1) is 6.92 Å². The molecule has 0 amide bonds. The molecule has 18 heavy (non-hydrogen) atoms. The summed E-state index contributed by atoms with van der Waals surface area (Å²) < 4.78 is 0. The summed E-state index contributed by atoms with van der Waals surface area (Å²) in [5, 5.41) is 1.27. The van der Waals surface area contributed by atoms with Gasteiger partial charge in [-0.15, -0.1) is 12.4 Å². The molecule has 0 spiro atoms. The minimum atomic E-state index is 0. The molecule has 0 radical (unpaired) electrons. The first-order chi connectivity index (χ1) is 8.34. The Morgan fingerprint density at radius 3 is 2.56 bits per heavy atom. The van der Waals surface area contributed by atoms with Crippen LogP contribution in [0.25, 0.3) is 10.9 Å². The van der Waals surface area contributed by atoms with Crippen molar-refractivity contribution in [1.82, 2.24) is 4.98 Å². The molecule has 3 rings (SSSR count). The van der Waals surface area contributed by atoms with Crippen LogP contribution in [-0.2, 0) is 0 Å². The minimum Gasteiger partial charge on any atom is -0.357 e. The molecule has 1 aliphatic heterocycles. The van der Waals surface area contributed by atoms with E-state index in [4.69, 9.17) is 4.98 Å². The smallest absolute Gasteiger partial charge is 0.129 e. The third-order valence-corrected chi connectivity index (χ3v) is 3.59. The van der Waals surface area contributed by atoms with Crippen molar-refractivity contribution in [3.05, 3.63) is 35.9 Å². The van der Waals surface area contributed by atoms with E-state index in [9.17, 15) is 0 Å². The van der Waals surface area contributed by atoms with Crippen LogP contribution in [0.2, 0.25) is 0 Å². The van der Waals surface area contributed by atoms with E-state index in [1.807, 2.05) is 0 Å². The summed E-state index contributed by atoms with van der Waals surface area (Å²) in [7, 11) is 0. The number of fused-ring (bicyclic) bond motifs is 1. The van der Waals surface area contributed by atoms with Gasteiger partial charge in [0.05, 0.1) is 5.52 Å². The Morgan fingerprint density at radius 2 is 1.78 bits per heavy atom. The van der Waals surface area contributed by atoms with Crippen LogP contribution in [0.4, 0.5) is 5.82 Å². The Hall–Kier alpha value is -1.28. The maximum atomic E-state index is 4.79. The largest absolute Gasteiger partial charge is 0.357 e. The van der Waals surface area contributed by atoms with Crippen LogP contribution in [0.3, 0.4) is 0 Å². The highest BCUT2D eigenvalue weighted by molar-refractivity contribution is 5.85. The molecule has 1 fully saturated rings. The Bertz CT molecular complexity index is 533. The molecule has 1 aromatic carbocycles. The van der Waals surface area contributed by atoms with E-state index in [1.165, 1.54) is 30.2 Å². The number of para-hydroxylation sites is 1. The van der Waals surface area contributed by atoms with E-state index in [0.29, 0.717) is 0 Å². The molecule has 0 N–H and O–H groups in total. The van der Waals surface area contributed by atoms with Gasteiger partial charge in [0, 0.05) is 18.5 Å². The average molecular weight is 263 g/mol. The molecule has 2 nitrogen and oxygen atoms in total. The van der Waals surface area contributed by atoms with Gasteiger partial charge in [-0.1, -0.05) is 18.2 Å². The van der Waals surface area contributed by atoms with Crippen LogP contribution in [-0.4, -0.2) is 18.1 Å². The van der Waals surface area contributed by atoms with Gasteiger partial charge >= 0.3 is 0 Å². The monoisotopic (exact) mass is 262 g/mol. The van der Waals surface area contributed by atoms with Gasteiger partial charge in [0.1, 0.15) is 5.82 Å². The number of nitrogens with zero attached hydrogens (tertiary/aromatic N) is 2. The highest BCUT2D eigenvalue weighted by atomic mass is 35.5. The van der Waals surface area contributed by atoms with E-state index < -0.39 is 0 Å². The highest BCUT2D eigenvalue weighted by Crippen LogP contribution is 2.24. The predicted octanol–water partition coefficient (Wildman–Crippen LogP) is 3.96. The molecule has 2 aromatic rings. The summed E-state index contributed by atoms with van der Waals surface area (Å²) in [5.41, 5.74) is 2.45. The van der Waals surface area contributed by atoms with Gasteiger partial charge in [0.15, 0.2) is 0 Å². The van der Waals surface area contributed by atoms with Gasteiger partial charge in [-0.2, -0.15) is 0 Å². The molecule has 1 saturated heterocycles. The van der Waals surface area contributed by atoms with Crippen molar-refractivity contribution in [3.8, 4) is 0 Å². The summed E-state index contributed by atoms with van der Waals surface area (Å²) in [6.07, 6.45) is 3.96. The normalized spacial score (nSPS) is 15.5. The summed E-state index contributed by atoms with van der Waals surface area (Å²) >= 11 is 0. The molecule has 2 heterocycles. The van der Waals surface area contributed by atoms with Gasteiger partial charge in [-0.25, -0.2) is 4.98 Å². The number of halogens is 1. The fourth-order valence-electron chi connectivity index (χ4n) is 2.62. The lowest BCUT2D eigenvalue weighted by Gasteiger charge is -2.28. The number of anilines is 1. The van der Waals surface area contributed by atoms with E-state index in [2.05, 4.69) is 42.2 Å². The lowest BCUT2D eigenvalue weighted by Crippen LogP contribution is -2.30. The van der Waals surface area contributed by atoms with Crippen LogP contribution in [0.15, 0.2) is 30.3 Å². The van der Waals surface area contributed by atoms with Crippen molar-refractivity contribution in [2.75, 3.05) is 18.0 Å². The molecule has 3 heteroatoms. The maximum absolute atomic E-state index is 4.79. The van der Waals surface area contributed by atoms with E-state index in [-0.39, 0.29) is 12.4 Å². The first-order valence-electron chi connectivity index (χ1n) is 6.46. The first-order valence-corrected chi connectivity index (χ1v) is 6.46. The second-order valence-corrected chi connectivity index (χ2v) is 4.86. The van der Waals surface area contributed by atoms with Gasteiger partial charge < -0.3 is 4.90 Å². The lowest BCUT2D eigenvalue weighted by molar-refractivity contribution is 0.574. The number of piperidine rings is 1. The third-order valence-electron chi connectivity index (χ3n) is 3.59. The number of benzene rings is 1. The highest BCUT2D eigenvalue weighted by Gasteiger charge is 2.13. The first kappa shape index (κ1) is 13.2. The van der Waals surface area contributed by atoms with Gasteiger partial charge in [-0.05, 0) is 43.9 Å². The standard InChI is InChI=1S/C15H18N2.ClH/c1-12-11-15(17-9-5-2-6-10-17)16-14-8-4-3-7-13(12)14;/h3-4,7-8,11H,2,5-6,9-10H2,1H3;1H. The van der Waals surface area contributed by atoms with Crippen LogP contribution < -0.4 is 4.90 Å². The van der Waals surface area contributed by atoms with Crippen LogP contribution in [0.1, 0.15) is 24.8 Å². The zero-order valence-corrected chi connectivity index (χ0v) is 11.5. The van der Waals surface area contributed by atoms with E-state index in [0.717, 1.165) is 24.4 Å². The molecule has 96 valence electrons. The molecule has 1 aliphatic rings. The summed E-state index contributed by atoms with van der Waals surface area (Å²) in [6.45, 7) is 4.49. The van der Waals surface area contributed by atoms with Crippen molar-refractivity contribution in [2.45, 2.75) is 26.2 Å². The SMILES string of the molecule is Cc1cc(N2CCCCC2)nc2ccccc12.Cl. The third kappa shape index (κ3) is 2.44. The molecular weight excluding hydrogens is 244 g/mol.